The monoisotopic (exact) mass is 249 g/mol. The maximum absolute atomic E-state index is 11.4. The van der Waals surface area contributed by atoms with Crippen LogP contribution in [0.25, 0.3) is 10.9 Å². The molecule has 17 heavy (non-hydrogen) atoms. The average molecular weight is 249 g/mol. The van der Waals surface area contributed by atoms with Crippen molar-refractivity contribution in [2.45, 2.75) is 5.75 Å². The van der Waals surface area contributed by atoms with Crippen molar-refractivity contribution >= 4 is 27.7 Å². The highest BCUT2D eigenvalue weighted by Crippen LogP contribution is 2.12. The van der Waals surface area contributed by atoms with E-state index in [2.05, 4.69) is 4.98 Å². The van der Waals surface area contributed by atoms with Crippen molar-refractivity contribution in [3.05, 3.63) is 42.1 Å². The van der Waals surface area contributed by atoms with Crippen LogP contribution in [0.4, 0.5) is 0 Å². The van der Waals surface area contributed by atoms with Gasteiger partial charge >= 0.3 is 5.97 Å². The van der Waals surface area contributed by atoms with Crippen LogP contribution in [0.1, 0.15) is 5.69 Å². The summed E-state index contributed by atoms with van der Waals surface area (Å²) in [6.07, 6.45) is 0. The highest BCUT2D eigenvalue weighted by molar-refractivity contribution is 7.84. The fourth-order valence-corrected chi connectivity index (χ4v) is 2.41. The number of aliphatic carboxylic acids is 1. The Labute approximate surface area is 101 Å². The van der Waals surface area contributed by atoms with E-state index in [9.17, 15) is 9.00 Å². The van der Waals surface area contributed by atoms with E-state index in [1.54, 1.807) is 6.07 Å². The number of rotatable bonds is 4. The summed E-state index contributed by atoms with van der Waals surface area (Å²) in [6.45, 7) is 0. The van der Waals surface area contributed by atoms with Gasteiger partial charge in [-0.15, -0.1) is 0 Å². The number of hydrogen-bond donors (Lipinski definition) is 1. The lowest BCUT2D eigenvalue weighted by Gasteiger charge is -2.02. The summed E-state index contributed by atoms with van der Waals surface area (Å²) < 4.78 is 11.4. The van der Waals surface area contributed by atoms with E-state index >= 15 is 0 Å². The van der Waals surface area contributed by atoms with Crippen LogP contribution in [0.3, 0.4) is 0 Å². The standard InChI is InChI=1S/C12H11NO3S/c14-12(15)8-17(16)7-10-6-5-9-3-1-2-4-11(9)13-10/h1-6H,7-8H2,(H,14,15). The lowest BCUT2D eigenvalue weighted by atomic mass is 10.2. The van der Waals surface area contributed by atoms with Crippen LogP contribution in [0.2, 0.25) is 0 Å². The maximum Gasteiger partial charge on any atom is 0.316 e. The van der Waals surface area contributed by atoms with Gasteiger partial charge in [-0.2, -0.15) is 0 Å². The first kappa shape index (κ1) is 11.7. The molecule has 0 aliphatic heterocycles. The van der Waals surface area contributed by atoms with Gasteiger partial charge in [0.15, 0.2) is 0 Å². The largest absolute Gasteiger partial charge is 0.481 e. The molecule has 0 radical (unpaired) electrons. The lowest BCUT2D eigenvalue weighted by Crippen LogP contribution is -2.11. The summed E-state index contributed by atoms with van der Waals surface area (Å²) >= 11 is 0. The number of pyridine rings is 1. The number of carbonyl (C=O) groups is 1. The number of hydrogen-bond acceptors (Lipinski definition) is 3. The summed E-state index contributed by atoms with van der Waals surface area (Å²) in [6, 6.07) is 11.3. The Balaban J connectivity index is 2.19. The fraction of sp³-hybridized carbons (Fsp3) is 0.167. The predicted octanol–water partition coefficient (Wildman–Crippen LogP) is 1.57. The van der Waals surface area contributed by atoms with Gasteiger partial charge < -0.3 is 5.11 Å². The number of carboxylic acid groups (broad SMARTS) is 1. The molecule has 5 heteroatoms. The van der Waals surface area contributed by atoms with E-state index < -0.39 is 16.8 Å². The second-order valence-corrected chi connectivity index (χ2v) is 5.07. The molecule has 1 atom stereocenters. The molecule has 0 spiro atoms. The van der Waals surface area contributed by atoms with Crippen LogP contribution >= 0.6 is 0 Å². The van der Waals surface area contributed by atoms with Crippen molar-refractivity contribution in [1.82, 2.24) is 4.98 Å². The summed E-state index contributed by atoms with van der Waals surface area (Å²) in [5.74, 6) is -1.21. The number of nitrogens with zero attached hydrogens (tertiary/aromatic N) is 1. The summed E-state index contributed by atoms with van der Waals surface area (Å²) in [5.41, 5.74) is 1.49. The first-order valence-corrected chi connectivity index (χ1v) is 6.55. The Morgan fingerprint density at radius 2 is 2.00 bits per heavy atom. The molecule has 2 aromatic rings. The van der Waals surface area contributed by atoms with Crippen molar-refractivity contribution in [2.24, 2.45) is 0 Å². The van der Waals surface area contributed by atoms with E-state index in [0.29, 0.717) is 5.69 Å². The molecule has 1 aromatic heterocycles. The smallest absolute Gasteiger partial charge is 0.316 e. The van der Waals surface area contributed by atoms with Crippen LogP contribution in [0.15, 0.2) is 36.4 Å². The van der Waals surface area contributed by atoms with Crippen molar-refractivity contribution in [2.75, 3.05) is 5.75 Å². The lowest BCUT2D eigenvalue weighted by molar-refractivity contribution is -0.133. The number of benzene rings is 1. The van der Waals surface area contributed by atoms with Gasteiger partial charge in [-0.05, 0) is 12.1 Å². The van der Waals surface area contributed by atoms with E-state index in [4.69, 9.17) is 5.11 Å². The Morgan fingerprint density at radius 1 is 1.24 bits per heavy atom. The van der Waals surface area contributed by atoms with E-state index in [-0.39, 0.29) is 11.5 Å². The van der Waals surface area contributed by atoms with Gasteiger partial charge in [0.25, 0.3) is 0 Å². The molecule has 1 unspecified atom stereocenters. The number of para-hydroxylation sites is 1. The molecule has 1 heterocycles. The minimum absolute atomic E-state index is 0.178. The van der Waals surface area contributed by atoms with Gasteiger partial charge in [-0.3, -0.25) is 14.0 Å². The Kier molecular flexibility index (Phi) is 3.49. The van der Waals surface area contributed by atoms with Gasteiger partial charge in [-0.25, -0.2) is 0 Å². The first-order valence-electron chi connectivity index (χ1n) is 5.06. The zero-order valence-corrected chi connectivity index (χ0v) is 9.81. The molecule has 88 valence electrons. The van der Waals surface area contributed by atoms with Gasteiger partial charge in [0.05, 0.1) is 17.0 Å². The zero-order chi connectivity index (χ0) is 12.3. The van der Waals surface area contributed by atoms with Crippen molar-refractivity contribution < 1.29 is 14.1 Å². The Bertz CT molecular complexity index is 583. The van der Waals surface area contributed by atoms with Crippen molar-refractivity contribution in [3.63, 3.8) is 0 Å². The van der Waals surface area contributed by atoms with Gasteiger partial charge in [0.1, 0.15) is 5.75 Å². The second kappa shape index (κ2) is 5.05. The van der Waals surface area contributed by atoms with Crippen LogP contribution in [0.5, 0.6) is 0 Å². The second-order valence-electron chi connectivity index (χ2n) is 3.62. The summed E-state index contributed by atoms with van der Waals surface area (Å²) in [4.78, 5) is 14.7. The first-order chi connectivity index (χ1) is 8.15. The molecule has 0 bridgehead atoms. The third-order valence-electron chi connectivity index (χ3n) is 2.25. The Morgan fingerprint density at radius 3 is 2.76 bits per heavy atom. The topological polar surface area (TPSA) is 67.3 Å². The molecule has 0 aliphatic rings. The van der Waals surface area contributed by atoms with Crippen LogP contribution in [-0.4, -0.2) is 26.0 Å². The van der Waals surface area contributed by atoms with Crippen LogP contribution < -0.4 is 0 Å². The third-order valence-corrected chi connectivity index (χ3v) is 3.44. The molecule has 1 aromatic carbocycles. The highest BCUT2D eigenvalue weighted by Gasteiger charge is 2.08. The molecular formula is C12H11NO3S. The SMILES string of the molecule is O=C(O)CS(=O)Cc1ccc2ccccc2n1. The van der Waals surface area contributed by atoms with Crippen molar-refractivity contribution in [3.8, 4) is 0 Å². The minimum Gasteiger partial charge on any atom is -0.481 e. The number of aromatic nitrogens is 1. The van der Waals surface area contributed by atoms with Crippen LogP contribution in [0, 0.1) is 0 Å². The van der Waals surface area contributed by atoms with E-state index in [0.717, 1.165) is 10.9 Å². The van der Waals surface area contributed by atoms with Gasteiger partial charge in [0, 0.05) is 16.2 Å². The summed E-state index contributed by atoms with van der Waals surface area (Å²) in [7, 11) is -1.41. The minimum atomic E-state index is -1.41. The Hall–Kier alpha value is -1.75. The number of fused-ring (bicyclic) bond motifs is 1. The average Bonchev–Trinajstić information content (AvgIpc) is 2.27. The molecule has 0 amide bonds. The summed E-state index contributed by atoms with van der Waals surface area (Å²) in [5, 5.41) is 9.53. The molecule has 4 nitrogen and oxygen atoms in total. The molecule has 0 fully saturated rings. The fourth-order valence-electron chi connectivity index (χ4n) is 1.54. The molecule has 0 saturated carbocycles. The molecule has 0 saturated heterocycles. The molecular weight excluding hydrogens is 238 g/mol. The third kappa shape index (κ3) is 3.10. The van der Waals surface area contributed by atoms with E-state index in [1.807, 2.05) is 30.3 Å². The zero-order valence-electron chi connectivity index (χ0n) is 9.00. The highest BCUT2D eigenvalue weighted by atomic mass is 32.2. The van der Waals surface area contributed by atoms with Crippen molar-refractivity contribution in [1.29, 1.82) is 0 Å². The van der Waals surface area contributed by atoms with Gasteiger partial charge in [-0.1, -0.05) is 24.3 Å². The van der Waals surface area contributed by atoms with E-state index in [1.165, 1.54) is 0 Å². The normalized spacial score (nSPS) is 12.5. The molecule has 2 rings (SSSR count). The molecule has 0 aliphatic carbocycles. The molecule has 1 N–H and O–H groups in total. The number of carboxylic acids is 1. The maximum atomic E-state index is 11.4. The quantitative estimate of drug-likeness (QED) is 0.893. The van der Waals surface area contributed by atoms with Gasteiger partial charge in [0.2, 0.25) is 0 Å². The predicted molar refractivity (Wildman–Crippen MR) is 66.1 cm³/mol. The van der Waals surface area contributed by atoms with Crippen LogP contribution in [-0.2, 0) is 21.3 Å².